The van der Waals surface area contributed by atoms with Gasteiger partial charge >= 0.3 is 0 Å². The molecule has 2 aromatic rings. The Morgan fingerprint density at radius 3 is 2.71 bits per heavy atom. The highest BCUT2D eigenvalue weighted by Crippen LogP contribution is 2.21. The molecule has 1 atom stereocenters. The van der Waals surface area contributed by atoms with E-state index in [2.05, 4.69) is 10.0 Å². The highest BCUT2D eigenvalue weighted by molar-refractivity contribution is 7.89. The van der Waals surface area contributed by atoms with Crippen LogP contribution >= 0.6 is 11.3 Å². The minimum atomic E-state index is -3.50. The van der Waals surface area contributed by atoms with E-state index in [1.165, 1.54) is 0 Å². The Bertz CT molecular complexity index is 667. The summed E-state index contributed by atoms with van der Waals surface area (Å²) in [7, 11) is -3.50. The first-order valence-electron chi connectivity index (χ1n) is 6.88. The van der Waals surface area contributed by atoms with Crippen molar-refractivity contribution in [1.82, 2.24) is 10.0 Å². The smallest absolute Gasteiger partial charge is 0.241 e. The van der Waals surface area contributed by atoms with Crippen molar-refractivity contribution in [2.45, 2.75) is 31.3 Å². The molecule has 2 rings (SSSR count). The fourth-order valence-electron chi connectivity index (χ4n) is 1.99. The van der Waals surface area contributed by atoms with Gasteiger partial charge in [-0.05, 0) is 42.6 Å². The number of sulfonamides is 1. The van der Waals surface area contributed by atoms with Crippen molar-refractivity contribution < 1.29 is 8.42 Å². The lowest BCUT2D eigenvalue weighted by Crippen LogP contribution is -2.26. The van der Waals surface area contributed by atoms with Gasteiger partial charge in [0.25, 0.3) is 0 Å². The Morgan fingerprint density at radius 2 is 2.05 bits per heavy atom. The SMILES string of the molecule is CCNCc1cccc(S(=O)(=O)NC(C)c2cccs2)c1. The number of thiophene rings is 1. The molecule has 0 fully saturated rings. The van der Waals surface area contributed by atoms with E-state index in [1.807, 2.05) is 37.4 Å². The Labute approximate surface area is 130 Å². The number of nitrogens with one attached hydrogen (secondary N) is 2. The Balaban J connectivity index is 2.15. The number of hydrogen-bond acceptors (Lipinski definition) is 4. The van der Waals surface area contributed by atoms with Crippen LogP contribution in [0.5, 0.6) is 0 Å². The predicted molar refractivity (Wildman–Crippen MR) is 86.9 cm³/mol. The molecular formula is C15H20N2O2S2. The predicted octanol–water partition coefficient (Wildman–Crippen LogP) is 2.90. The molecule has 4 nitrogen and oxygen atoms in total. The van der Waals surface area contributed by atoms with Crippen molar-refractivity contribution in [1.29, 1.82) is 0 Å². The zero-order valence-corrected chi connectivity index (χ0v) is 13.8. The van der Waals surface area contributed by atoms with Crippen molar-refractivity contribution in [3.05, 3.63) is 52.2 Å². The maximum Gasteiger partial charge on any atom is 0.241 e. The van der Waals surface area contributed by atoms with Gasteiger partial charge in [-0.25, -0.2) is 13.1 Å². The molecular weight excluding hydrogens is 304 g/mol. The first kappa shape index (κ1) is 16.2. The van der Waals surface area contributed by atoms with Gasteiger partial charge in [0.2, 0.25) is 10.0 Å². The van der Waals surface area contributed by atoms with E-state index < -0.39 is 10.0 Å². The van der Waals surface area contributed by atoms with Gasteiger partial charge in [0.1, 0.15) is 0 Å². The van der Waals surface area contributed by atoms with E-state index in [0.717, 1.165) is 17.0 Å². The fraction of sp³-hybridized carbons (Fsp3) is 0.333. The van der Waals surface area contributed by atoms with Gasteiger partial charge in [-0.15, -0.1) is 11.3 Å². The second-order valence-electron chi connectivity index (χ2n) is 4.79. The first-order valence-corrected chi connectivity index (χ1v) is 9.24. The number of rotatable bonds is 7. The first-order chi connectivity index (χ1) is 10.0. The van der Waals surface area contributed by atoms with Gasteiger partial charge in [0.15, 0.2) is 0 Å². The maximum absolute atomic E-state index is 12.4. The molecule has 0 amide bonds. The largest absolute Gasteiger partial charge is 0.313 e. The van der Waals surface area contributed by atoms with E-state index in [0.29, 0.717) is 11.4 Å². The summed E-state index contributed by atoms with van der Waals surface area (Å²) in [6.07, 6.45) is 0. The molecule has 6 heteroatoms. The van der Waals surface area contributed by atoms with Crippen LogP contribution in [0.25, 0.3) is 0 Å². The maximum atomic E-state index is 12.4. The van der Waals surface area contributed by atoms with E-state index in [-0.39, 0.29) is 6.04 Å². The number of hydrogen-bond donors (Lipinski definition) is 2. The molecule has 0 spiro atoms. The summed E-state index contributed by atoms with van der Waals surface area (Å²) in [6.45, 7) is 5.39. The molecule has 0 aliphatic rings. The third-order valence-electron chi connectivity index (χ3n) is 3.09. The van der Waals surface area contributed by atoms with E-state index >= 15 is 0 Å². The summed E-state index contributed by atoms with van der Waals surface area (Å²) in [6, 6.07) is 10.7. The molecule has 1 heterocycles. The van der Waals surface area contributed by atoms with Crippen molar-refractivity contribution in [2.24, 2.45) is 0 Å². The minimum absolute atomic E-state index is 0.229. The lowest BCUT2D eigenvalue weighted by atomic mass is 10.2. The summed E-state index contributed by atoms with van der Waals surface area (Å²) in [4.78, 5) is 1.31. The molecule has 0 bridgehead atoms. The zero-order valence-electron chi connectivity index (χ0n) is 12.2. The van der Waals surface area contributed by atoms with Crippen LogP contribution in [0.2, 0.25) is 0 Å². The third kappa shape index (κ3) is 4.38. The molecule has 114 valence electrons. The molecule has 0 aliphatic heterocycles. The van der Waals surface area contributed by atoms with Crippen LogP contribution in [-0.2, 0) is 16.6 Å². The van der Waals surface area contributed by atoms with Crippen molar-refractivity contribution in [3.8, 4) is 0 Å². The van der Waals surface area contributed by atoms with Gasteiger partial charge in [0, 0.05) is 11.4 Å². The van der Waals surface area contributed by atoms with Gasteiger partial charge in [-0.1, -0.05) is 25.1 Å². The lowest BCUT2D eigenvalue weighted by Gasteiger charge is -2.13. The summed E-state index contributed by atoms with van der Waals surface area (Å²) >= 11 is 1.54. The topological polar surface area (TPSA) is 58.2 Å². The Morgan fingerprint density at radius 1 is 1.24 bits per heavy atom. The minimum Gasteiger partial charge on any atom is -0.313 e. The van der Waals surface area contributed by atoms with Crippen LogP contribution in [0.4, 0.5) is 0 Å². The second kappa shape index (κ2) is 7.17. The van der Waals surface area contributed by atoms with Crippen LogP contribution < -0.4 is 10.0 Å². The molecule has 0 saturated carbocycles. The molecule has 1 aromatic carbocycles. The lowest BCUT2D eigenvalue weighted by molar-refractivity contribution is 0.568. The highest BCUT2D eigenvalue weighted by atomic mass is 32.2. The third-order valence-corrected chi connectivity index (χ3v) is 5.68. The molecule has 0 radical (unpaired) electrons. The standard InChI is InChI=1S/C15H20N2O2S2/c1-3-16-11-13-6-4-7-14(10-13)21(18,19)17-12(2)15-8-5-9-20-15/h4-10,12,16-17H,3,11H2,1-2H3. The number of benzene rings is 1. The van der Waals surface area contributed by atoms with Gasteiger partial charge in [-0.2, -0.15) is 0 Å². The average molecular weight is 324 g/mol. The molecule has 2 N–H and O–H groups in total. The van der Waals surface area contributed by atoms with Gasteiger partial charge in [0.05, 0.1) is 10.9 Å². The van der Waals surface area contributed by atoms with Crippen LogP contribution in [0.15, 0.2) is 46.7 Å². The zero-order chi connectivity index (χ0) is 15.3. The van der Waals surface area contributed by atoms with Crippen molar-refractivity contribution in [3.63, 3.8) is 0 Å². The summed E-state index contributed by atoms with van der Waals surface area (Å²) < 4.78 is 27.6. The normalized spacial score (nSPS) is 13.2. The average Bonchev–Trinajstić information content (AvgIpc) is 2.99. The van der Waals surface area contributed by atoms with Gasteiger partial charge < -0.3 is 5.32 Å². The monoisotopic (exact) mass is 324 g/mol. The Kier molecular flexibility index (Phi) is 5.52. The molecule has 1 aromatic heterocycles. The van der Waals surface area contributed by atoms with Gasteiger partial charge in [-0.3, -0.25) is 0 Å². The summed E-state index contributed by atoms with van der Waals surface area (Å²) in [5, 5.41) is 5.13. The van der Waals surface area contributed by atoms with Crippen LogP contribution in [0, 0.1) is 0 Å². The van der Waals surface area contributed by atoms with Crippen molar-refractivity contribution >= 4 is 21.4 Å². The molecule has 21 heavy (non-hydrogen) atoms. The fourth-order valence-corrected chi connectivity index (χ4v) is 4.09. The van der Waals surface area contributed by atoms with Crippen molar-refractivity contribution in [2.75, 3.05) is 6.54 Å². The van der Waals surface area contributed by atoms with Crippen LogP contribution in [0.1, 0.15) is 30.3 Å². The van der Waals surface area contributed by atoms with Crippen LogP contribution in [-0.4, -0.2) is 15.0 Å². The van der Waals surface area contributed by atoms with Crippen LogP contribution in [0.3, 0.4) is 0 Å². The van der Waals surface area contributed by atoms with E-state index in [4.69, 9.17) is 0 Å². The summed E-state index contributed by atoms with van der Waals surface area (Å²) in [5.74, 6) is 0. The Hall–Kier alpha value is -1.21. The van der Waals surface area contributed by atoms with E-state index in [9.17, 15) is 8.42 Å². The summed E-state index contributed by atoms with van der Waals surface area (Å²) in [5.41, 5.74) is 0.962. The molecule has 1 unspecified atom stereocenters. The second-order valence-corrected chi connectivity index (χ2v) is 7.48. The highest BCUT2D eigenvalue weighted by Gasteiger charge is 2.19. The quantitative estimate of drug-likeness (QED) is 0.823. The molecule has 0 aliphatic carbocycles. The van der Waals surface area contributed by atoms with E-state index in [1.54, 1.807) is 29.5 Å². The molecule has 0 saturated heterocycles.